The van der Waals surface area contributed by atoms with E-state index in [1.54, 1.807) is 6.08 Å². The van der Waals surface area contributed by atoms with Gasteiger partial charge in [0.15, 0.2) is 5.78 Å². The molecule has 0 amide bonds. The minimum absolute atomic E-state index is 0.0700. The molecule has 2 rings (SSSR count). The maximum Gasteiger partial charge on any atom is 0.161 e. The van der Waals surface area contributed by atoms with Crippen LogP contribution < -0.4 is 0 Å². The second-order valence-electron chi connectivity index (χ2n) is 5.75. The van der Waals surface area contributed by atoms with Crippen LogP contribution >= 0.6 is 0 Å². The SMILES string of the molecule is CCCC[C@@H]1C(=O)C=C[C@]12CCC(C)(C)O2. The minimum Gasteiger partial charge on any atom is -0.364 e. The first-order valence-electron chi connectivity index (χ1n) is 6.42. The van der Waals surface area contributed by atoms with Crippen LogP contribution in [0.5, 0.6) is 0 Å². The number of carbonyl (C=O) groups excluding carboxylic acids is 1. The van der Waals surface area contributed by atoms with Crippen molar-refractivity contribution in [2.75, 3.05) is 0 Å². The highest BCUT2D eigenvalue weighted by atomic mass is 16.5. The summed E-state index contributed by atoms with van der Waals surface area (Å²) in [4.78, 5) is 11.9. The summed E-state index contributed by atoms with van der Waals surface area (Å²) in [5.74, 6) is 0.348. The van der Waals surface area contributed by atoms with Gasteiger partial charge in [0.2, 0.25) is 0 Å². The minimum atomic E-state index is -0.268. The van der Waals surface area contributed by atoms with Gasteiger partial charge in [-0.3, -0.25) is 4.79 Å². The highest BCUT2D eigenvalue weighted by Crippen LogP contribution is 2.47. The number of carbonyl (C=O) groups is 1. The van der Waals surface area contributed by atoms with Crippen molar-refractivity contribution >= 4 is 5.78 Å². The fourth-order valence-electron chi connectivity index (χ4n) is 2.97. The summed E-state index contributed by atoms with van der Waals surface area (Å²) in [6, 6.07) is 0. The van der Waals surface area contributed by atoms with Gasteiger partial charge in [-0.2, -0.15) is 0 Å². The van der Waals surface area contributed by atoms with E-state index in [1.807, 2.05) is 6.08 Å². The third kappa shape index (κ3) is 1.95. The van der Waals surface area contributed by atoms with Crippen LogP contribution in [-0.2, 0) is 9.53 Å². The van der Waals surface area contributed by atoms with Crippen molar-refractivity contribution in [3.05, 3.63) is 12.2 Å². The number of allylic oxidation sites excluding steroid dienone is 1. The summed E-state index contributed by atoms with van der Waals surface area (Å²) in [5.41, 5.74) is -0.338. The van der Waals surface area contributed by atoms with Gasteiger partial charge in [-0.25, -0.2) is 0 Å². The van der Waals surface area contributed by atoms with Gasteiger partial charge in [0, 0.05) is 0 Å². The number of hydrogen-bond donors (Lipinski definition) is 0. The van der Waals surface area contributed by atoms with E-state index in [1.165, 1.54) is 0 Å². The predicted molar refractivity (Wildman–Crippen MR) is 64.3 cm³/mol. The van der Waals surface area contributed by atoms with Crippen LogP contribution in [0.2, 0.25) is 0 Å². The topological polar surface area (TPSA) is 26.3 Å². The molecule has 2 aliphatic rings. The van der Waals surface area contributed by atoms with Crippen LogP contribution in [0.25, 0.3) is 0 Å². The third-order valence-electron chi connectivity index (χ3n) is 3.89. The Labute approximate surface area is 98.1 Å². The van der Waals surface area contributed by atoms with Gasteiger partial charge < -0.3 is 4.74 Å². The molecule has 90 valence electrons. The van der Waals surface area contributed by atoms with Crippen LogP contribution in [0.3, 0.4) is 0 Å². The lowest BCUT2D eigenvalue weighted by Crippen LogP contribution is -2.38. The molecule has 1 fully saturated rings. The first-order chi connectivity index (χ1) is 7.49. The van der Waals surface area contributed by atoms with E-state index < -0.39 is 0 Å². The summed E-state index contributed by atoms with van der Waals surface area (Å²) >= 11 is 0. The van der Waals surface area contributed by atoms with Crippen LogP contribution in [-0.4, -0.2) is 17.0 Å². The molecule has 0 aromatic carbocycles. The molecule has 0 N–H and O–H groups in total. The lowest BCUT2D eigenvalue weighted by atomic mass is 9.83. The zero-order valence-electron chi connectivity index (χ0n) is 10.6. The summed E-state index contributed by atoms with van der Waals surface area (Å²) in [6.07, 6.45) is 9.03. The third-order valence-corrected chi connectivity index (χ3v) is 3.89. The van der Waals surface area contributed by atoms with Crippen molar-refractivity contribution in [2.24, 2.45) is 5.92 Å². The van der Waals surface area contributed by atoms with E-state index in [0.29, 0.717) is 0 Å². The van der Waals surface area contributed by atoms with Crippen LogP contribution in [0.4, 0.5) is 0 Å². The summed E-state index contributed by atoms with van der Waals surface area (Å²) < 4.78 is 6.17. The van der Waals surface area contributed by atoms with Gasteiger partial charge in [-0.05, 0) is 45.3 Å². The second-order valence-corrected chi connectivity index (χ2v) is 5.75. The zero-order valence-corrected chi connectivity index (χ0v) is 10.6. The Morgan fingerprint density at radius 2 is 2.19 bits per heavy atom. The Morgan fingerprint density at radius 1 is 1.44 bits per heavy atom. The number of unbranched alkanes of at least 4 members (excludes halogenated alkanes) is 1. The molecule has 2 nitrogen and oxygen atoms in total. The smallest absolute Gasteiger partial charge is 0.161 e. The molecule has 1 spiro atoms. The average molecular weight is 222 g/mol. The second kappa shape index (κ2) is 3.99. The van der Waals surface area contributed by atoms with E-state index >= 15 is 0 Å². The Morgan fingerprint density at radius 3 is 2.75 bits per heavy atom. The highest BCUT2D eigenvalue weighted by molar-refractivity contribution is 5.96. The summed E-state index contributed by atoms with van der Waals surface area (Å²) in [6.45, 7) is 6.41. The Bertz CT molecular complexity index is 317. The van der Waals surface area contributed by atoms with Gasteiger partial charge >= 0.3 is 0 Å². The van der Waals surface area contributed by atoms with Crippen LogP contribution in [0, 0.1) is 5.92 Å². The quantitative estimate of drug-likeness (QED) is 0.732. The largest absolute Gasteiger partial charge is 0.364 e. The number of hydrogen-bond acceptors (Lipinski definition) is 2. The molecule has 16 heavy (non-hydrogen) atoms. The van der Waals surface area contributed by atoms with E-state index in [-0.39, 0.29) is 22.9 Å². The molecule has 1 heterocycles. The summed E-state index contributed by atoms with van der Waals surface area (Å²) in [7, 11) is 0. The summed E-state index contributed by atoms with van der Waals surface area (Å²) in [5, 5.41) is 0. The van der Waals surface area contributed by atoms with Gasteiger partial charge in [-0.1, -0.05) is 19.8 Å². The van der Waals surface area contributed by atoms with Gasteiger partial charge in [0.05, 0.1) is 17.1 Å². The van der Waals surface area contributed by atoms with Gasteiger partial charge in [-0.15, -0.1) is 0 Å². The molecule has 1 aliphatic carbocycles. The highest BCUT2D eigenvalue weighted by Gasteiger charge is 2.51. The van der Waals surface area contributed by atoms with Crippen LogP contribution in [0.15, 0.2) is 12.2 Å². The number of ketones is 1. The van der Waals surface area contributed by atoms with E-state index in [9.17, 15) is 4.79 Å². The standard InChI is InChI=1S/C14H22O2/c1-4-5-6-11-12(15)7-8-14(11)10-9-13(2,3)16-14/h7-8,11H,4-6,9-10H2,1-3H3/t11-,14+/m1/s1. The molecule has 1 aliphatic heterocycles. The maximum atomic E-state index is 11.9. The molecule has 0 bridgehead atoms. The molecule has 0 saturated carbocycles. The van der Waals surface area contributed by atoms with E-state index in [0.717, 1.165) is 32.1 Å². The fourth-order valence-corrected chi connectivity index (χ4v) is 2.97. The Balaban J connectivity index is 2.14. The molecule has 2 atom stereocenters. The monoisotopic (exact) mass is 222 g/mol. The normalized spacial score (nSPS) is 36.4. The number of rotatable bonds is 3. The maximum absolute atomic E-state index is 11.9. The Kier molecular flexibility index (Phi) is 2.95. The molecule has 0 aromatic heterocycles. The Hall–Kier alpha value is -0.630. The molecule has 1 saturated heterocycles. The average Bonchev–Trinajstić information content (AvgIpc) is 2.67. The number of ether oxygens (including phenoxy) is 1. The van der Waals surface area contributed by atoms with Gasteiger partial charge in [0.1, 0.15) is 0 Å². The van der Waals surface area contributed by atoms with Crippen LogP contribution in [0.1, 0.15) is 52.9 Å². The lowest BCUT2D eigenvalue weighted by molar-refractivity contribution is -0.130. The first-order valence-corrected chi connectivity index (χ1v) is 6.42. The van der Waals surface area contributed by atoms with Crippen molar-refractivity contribution in [1.82, 2.24) is 0 Å². The molecular weight excluding hydrogens is 200 g/mol. The van der Waals surface area contributed by atoms with Gasteiger partial charge in [0.25, 0.3) is 0 Å². The fraction of sp³-hybridized carbons (Fsp3) is 0.786. The van der Waals surface area contributed by atoms with Crippen molar-refractivity contribution in [2.45, 2.75) is 64.1 Å². The first kappa shape index (κ1) is 11.8. The lowest BCUT2D eigenvalue weighted by Gasteiger charge is -2.31. The molecule has 0 aromatic rings. The van der Waals surface area contributed by atoms with Crippen molar-refractivity contribution in [3.63, 3.8) is 0 Å². The van der Waals surface area contributed by atoms with E-state index in [4.69, 9.17) is 4.74 Å². The molecule has 0 radical (unpaired) electrons. The molecule has 0 unspecified atom stereocenters. The van der Waals surface area contributed by atoms with Crippen molar-refractivity contribution in [1.29, 1.82) is 0 Å². The molecule has 2 heteroatoms. The zero-order chi connectivity index (χ0) is 11.8. The van der Waals surface area contributed by atoms with Crippen molar-refractivity contribution < 1.29 is 9.53 Å². The van der Waals surface area contributed by atoms with E-state index in [2.05, 4.69) is 20.8 Å². The predicted octanol–water partition coefficient (Wildman–Crippen LogP) is 3.26. The molecular formula is C14H22O2. The van der Waals surface area contributed by atoms with Crippen molar-refractivity contribution in [3.8, 4) is 0 Å².